The third-order valence-corrected chi connectivity index (χ3v) is 3.56. The minimum Gasteiger partial charge on any atom is -0.465 e. The highest BCUT2D eigenvalue weighted by molar-refractivity contribution is 5.89. The predicted octanol–water partition coefficient (Wildman–Crippen LogP) is 3.02. The average molecular weight is 280 g/mol. The largest absolute Gasteiger partial charge is 0.465 e. The Kier molecular flexibility index (Phi) is 3.44. The first-order chi connectivity index (χ1) is 10.2. The van der Waals surface area contributed by atoms with Crippen LogP contribution in [0.4, 0.5) is 0 Å². The van der Waals surface area contributed by atoms with Gasteiger partial charge in [-0.15, -0.1) is 0 Å². The lowest BCUT2D eigenvalue weighted by atomic mass is 10.1. The van der Waals surface area contributed by atoms with E-state index in [1.807, 2.05) is 30.5 Å². The van der Waals surface area contributed by atoms with E-state index in [9.17, 15) is 4.79 Å². The summed E-state index contributed by atoms with van der Waals surface area (Å²) in [7, 11) is 1.38. The van der Waals surface area contributed by atoms with E-state index in [-0.39, 0.29) is 5.97 Å². The third kappa shape index (κ3) is 2.52. The highest BCUT2D eigenvalue weighted by Crippen LogP contribution is 2.15. The van der Waals surface area contributed by atoms with Crippen molar-refractivity contribution in [3.63, 3.8) is 0 Å². The Morgan fingerprint density at radius 1 is 1.19 bits per heavy atom. The van der Waals surface area contributed by atoms with Crippen molar-refractivity contribution in [2.45, 2.75) is 13.3 Å². The number of ether oxygens (including phenoxy) is 1. The molecule has 4 heteroatoms. The molecule has 0 atom stereocenters. The molecule has 0 fully saturated rings. The van der Waals surface area contributed by atoms with Crippen LogP contribution in [0.25, 0.3) is 5.52 Å². The molecule has 2 heterocycles. The van der Waals surface area contributed by atoms with E-state index < -0.39 is 0 Å². The number of aromatic nitrogens is 2. The SMILES string of the molecule is COC(=O)c1ccc(Cc2ncc3cccc(C)n23)cc1. The fraction of sp³-hybridized carbons (Fsp3) is 0.176. The summed E-state index contributed by atoms with van der Waals surface area (Å²) in [4.78, 5) is 15.9. The number of nitrogens with zero attached hydrogens (tertiary/aromatic N) is 2. The van der Waals surface area contributed by atoms with Gasteiger partial charge in [-0.2, -0.15) is 0 Å². The highest BCUT2D eigenvalue weighted by Gasteiger charge is 2.08. The van der Waals surface area contributed by atoms with Crippen LogP contribution in [0, 0.1) is 6.92 Å². The summed E-state index contributed by atoms with van der Waals surface area (Å²) in [5.74, 6) is 0.678. The van der Waals surface area contributed by atoms with Crippen molar-refractivity contribution in [3.8, 4) is 0 Å². The van der Waals surface area contributed by atoms with E-state index in [1.54, 1.807) is 12.1 Å². The molecule has 3 aromatic rings. The van der Waals surface area contributed by atoms with E-state index in [0.717, 1.165) is 29.0 Å². The number of fused-ring (bicyclic) bond motifs is 1. The monoisotopic (exact) mass is 280 g/mol. The van der Waals surface area contributed by atoms with Crippen LogP contribution in [0.5, 0.6) is 0 Å². The first kappa shape index (κ1) is 13.4. The van der Waals surface area contributed by atoms with E-state index in [2.05, 4.69) is 22.4 Å². The Morgan fingerprint density at radius 2 is 1.95 bits per heavy atom. The molecule has 4 nitrogen and oxygen atoms in total. The Morgan fingerprint density at radius 3 is 2.67 bits per heavy atom. The van der Waals surface area contributed by atoms with Crippen molar-refractivity contribution in [2.24, 2.45) is 0 Å². The molecule has 0 aliphatic carbocycles. The van der Waals surface area contributed by atoms with Crippen molar-refractivity contribution >= 4 is 11.5 Å². The first-order valence-electron chi connectivity index (χ1n) is 6.78. The Labute approximate surface area is 123 Å². The fourth-order valence-electron chi connectivity index (χ4n) is 2.47. The molecule has 106 valence electrons. The standard InChI is InChI=1S/C17H16N2O2/c1-12-4-3-5-15-11-18-16(19(12)15)10-13-6-8-14(9-7-13)17(20)21-2/h3-9,11H,10H2,1-2H3. The van der Waals surface area contributed by atoms with Crippen LogP contribution in [0.1, 0.15) is 27.4 Å². The smallest absolute Gasteiger partial charge is 0.337 e. The molecule has 1 aromatic carbocycles. The number of benzene rings is 1. The normalized spacial score (nSPS) is 10.8. The van der Waals surface area contributed by atoms with Gasteiger partial charge in [0, 0.05) is 12.1 Å². The molecule has 0 saturated heterocycles. The molecule has 0 N–H and O–H groups in total. The van der Waals surface area contributed by atoms with Gasteiger partial charge in [0.25, 0.3) is 0 Å². The Hall–Kier alpha value is -2.62. The van der Waals surface area contributed by atoms with Crippen LogP contribution in [0.15, 0.2) is 48.7 Å². The maximum atomic E-state index is 11.4. The summed E-state index contributed by atoms with van der Waals surface area (Å²) in [6, 6.07) is 13.6. The average Bonchev–Trinajstić information content (AvgIpc) is 2.92. The number of aryl methyl sites for hydroxylation is 1. The van der Waals surface area contributed by atoms with Crippen LogP contribution < -0.4 is 0 Å². The lowest BCUT2D eigenvalue weighted by molar-refractivity contribution is 0.0600. The zero-order valence-corrected chi connectivity index (χ0v) is 12.0. The lowest BCUT2D eigenvalue weighted by Gasteiger charge is -2.06. The Balaban J connectivity index is 1.90. The minimum absolute atomic E-state index is 0.316. The van der Waals surface area contributed by atoms with Crippen LogP contribution in [-0.2, 0) is 11.2 Å². The second-order valence-electron chi connectivity index (χ2n) is 4.97. The number of esters is 1. The lowest BCUT2D eigenvalue weighted by Crippen LogP contribution is -2.02. The van der Waals surface area contributed by atoms with Crippen molar-refractivity contribution < 1.29 is 9.53 Å². The number of pyridine rings is 1. The molecule has 0 unspecified atom stereocenters. The van der Waals surface area contributed by atoms with Gasteiger partial charge in [0.1, 0.15) is 5.82 Å². The maximum absolute atomic E-state index is 11.4. The Bertz CT molecular complexity index is 788. The quantitative estimate of drug-likeness (QED) is 0.693. The number of carbonyl (C=O) groups is 1. The van der Waals surface area contributed by atoms with Gasteiger partial charge in [0.2, 0.25) is 0 Å². The van der Waals surface area contributed by atoms with E-state index >= 15 is 0 Å². The molecular weight excluding hydrogens is 264 g/mol. The van der Waals surface area contributed by atoms with E-state index in [0.29, 0.717) is 5.56 Å². The van der Waals surface area contributed by atoms with Gasteiger partial charge in [-0.1, -0.05) is 18.2 Å². The zero-order chi connectivity index (χ0) is 14.8. The molecule has 0 spiro atoms. The minimum atomic E-state index is -0.316. The first-order valence-corrected chi connectivity index (χ1v) is 6.78. The number of methoxy groups -OCH3 is 1. The summed E-state index contributed by atoms with van der Waals surface area (Å²) >= 11 is 0. The maximum Gasteiger partial charge on any atom is 0.337 e. The van der Waals surface area contributed by atoms with Gasteiger partial charge in [0.15, 0.2) is 0 Å². The zero-order valence-electron chi connectivity index (χ0n) is 12.0. The number of hydrogen-bond acceptors (Lipinski definition) is 3. The summed E-state index contributed by atoms with van der Waals surface area (Å²) in [6.07, 6.45) is 2.60. The van der Waals surface area contributed by atoms with Crippen LogP contribution in [0.2, 0.25) is 0 Å². The molecule has 0 aliphatic rings. The summed E-state index contributed by atoms with van der Waals surface area (Å²) in [5, 5.41) is 0. The molecule has 0 aliphatic heterocycles. The second kappa shape index (κ2) is 5.40. The molecule has 0 radical (unpaired) electrons. The van der Waals surface area contributed by atoms with Crippen molar-refractivity contribution in [1.82, 2.24) is 9.38 Å². The molecule has 21 heavy (non-hydrogen) atoms. The highest BCUT2D eigenvalue weighted by atomic mass is 16.5. The topological polar surface area (TPSA) is 43.6 Å². The molecule has 0 bridgehead atoms. The molecule has 0 amide bonds. The molecule has 2 aromatic heterocycles. The van der Waals surface area contributed by atoms with Crippen molar-refractivity contribution in [1.29, 1.82) is 0 Å². The van der Waals surface area contributed by atoms with Crippen molar-refractivity contribution in [3.05, 3.63) is 71.3 Å². The number of carbonyl (C=O) groups excluding carboxylic acids is 1. The second-order valence-corrected chi connectivity index (χ2v) is 4.97. The predicted molar refractivity (Wildman–Crippen MR) is 80.5 cm³/mol. The van der Waals surface area contributed by atoms with Gasteiger partial charge >= 0.3 is 5.97 Å². The number of hydrogen-bond donors (Lipinski definition) is 0. The van der Waals surface area contributed by atoms with Crippen LogP contribution in [0.3, 0.4) is 0 Å². The molecular formula is C17H16N2O2. The third-order valence-electron chi connectivity index (χ3n) is 3.56. The number of rotatable bonds is 3. The summed E-state index contributed by atoms with van der Waals surface area (Å²) < 4.78 is 6.85. The summed E-state index contributed by atoms with van der Waals surface area (Å²) in [5.41, 5.74) is 3.92. The van der Waals surface area contributed by atoms with Crippen LogP contribution in [-0.4, -0.2) is 22.5 Å². The van der Waals surface area contributed by atoms with E-state index in [1.165, 1.54) is 7.11 Å². The van der Waals surface area contributed by atoms with Gasteiger partial charge in [-0.3, -0.25) is 0 Å². The molecule has 0 saturated carbocycles. The van der Waals surface area contributed by atoms with Crippen LogP contribution >= 0.6 is 0 Å². The number of imidazole rings is 1. The van der Waals surface area contributed by atoms with Gasteiger partial charge in [-0.25, -0.2) is 9.78 Å². The molecule has 3 rings (SSSR count). The van der Waals surface area contributed by atoms with Crippen molar-refractivity contribution in [2.75, 3.05) is 7.11 Å². The fourth-order valence-corrected chi connectivity index (χ4v) is 2.47. The van der Waals surface area contributed by atoms with Gasteiger partial charge < -0.3 is 9.14 Å². The van der Waals surface area contributed by atoms with E-state index in [4.69, 9.17) is 4.74 Å². The summed E-state index contributed by atoms with van der Waals surface area (Å²) in [6.45, 7) is 2.07. The van der Waals surface area contributed by atoms with Gasteiger partial charge in [0.05, 0.1) is 24.4 Å². The van der Waals surface area contributed by atoms with Gasteiger partial charge in [-0.05, 0) is 36.8 Å².